The quantitative estimate of drug-likeness (QED) is 0.805. The van der Waals surface area contributed by atoms with Crippen molar-refractivity contribution < 1.29 is 18.3 Å². The van der Waals surface area contributed by atoms with Gasteiger partial charge in [-0.1, -0.05) is 6.07 Å². The molecule has 1 unspecified atom stereocenters. The van der Waals surface area contributed by atoms with Gasteiger partial charge in [0, 0.05) is 6.54 Å². The molecule has 1 aromatic carbocycles. The van der Waals surface area contributed by atoms with Crippen molar-refractivity contribution in [3.8, 4) is 5.75 Å². The summed E-state index contributed by atoms with van der Waals surface area (Å²) in [5, 5.41) is 10.2. The van der Waals surface area contributed by atoms with E-state index >= 15 is 0 Å². The van der Waals surface area contributed by atoms with E-state index < -0.39 is 15.6 Å². The molecule has 0 saturated heterocycles. The van der Waals surface area contributed by atoms with Crippen LogP contribution in [0.25, 0.3) is 0 Å². The third-order valence-electron chi connectivity index (χ3n) is 3.77. The molecule has 2 rings (SSSR count). The van der Waals surface area contributed by atoms with Crippen LogP contribution < -0.4 is 9.46 Å². The van der Waals surface area contributed by atoms with Gasteiger partial charge in [0.15, 0.2) is 0 Å². The lowest BCUT2D eigenvalue weighted by Gasteiger charge is -2.23. The first-order chi connectivity index (χ1) is 9.76. The zero-order chi connectivity index (χ0) is 15.7. The van der Waals surface area contributed by atoms with Crippen LogP contribution in [0.15, 0.2) is 23.1 Å². The van der Waals surface area contributed by atoms with Crippen LogP contribution in [0.1, 0.15) is 32.3 Å². The van der Waals surface area contributed by atoms with Crippen LogP contribution in [-0.4, -0.2) is 32.3 Å². The van der Waals surface area contributed by atoms with Crippen LogP contribution in [0, 0.1) is 12.8 Å². The van der Waals surface area contributed by atoms with Gasteiger partial charge >= 0.3 is 0 Å². The summed E-state index contributed by atoms with van der Waals surface area (Å²) in [6, 6.07) is 5.05. The van der Waals surface area contributed by atoms with Crippen LogP contribution >= 0.6 is 0 Å². The number of hydrogen-bond acceptors (Lipinski definition) is 4. The van der Waals surface area contributed by atoms with E-state index in [1.165, 1.54) is 0 Å². The Balaban J connectivity index is 2.20. The van der Waals surface area contributed by atoms with E-state index in [-0.39, 0.29) is 17.4 Å². The van der Waals surface area contributed by atoms with Crippen molar-refractivity contribution in [3.05, 3.63) is 23.8 Å². The third kappa shape index (κ3) is 3.96. The molecular formula is C15H23NO4S. The molecule has 0 heterocycles. The van der Waals surface area contributed by atoms with E-state index in [0.717, 1.165) is 18.4 Å². The summed E-state index contributed by atoms with van der Waals surface area (Å²) >= 11 is 0. The highest BCUT2D eigenvalue weighted by atomic mass is 32.2. The number of aryl methyl sites for hydroxylation is 1. The van der Waals surface area contributed by atoms with Gasteiger partial charge in [-0.15, -0.1) is 0 Å². The second-order valence-corrected chi connectivity index (χ2v) is 7.57. The largest absolute Gasteiger partial charge is 0.492 e. The number of nitrogens with one attached hydrogen (secondary N) is 1. The third-order valence-corrected chi connectivity index (χ3v) is 5.19. The molecule has 1 saturated carbocycles. The highest BCUT2D eigenvalue weighted by Gasteiger charge is 2.40. The van der Waals surface area contributed by atoms with Gasteiger partial charge in [0.2, 0.25) is 10.0 Å². The second-order valence-electron chi connectivity index (χ2n) is 5.84. The zero-order valence-electron chi connectivity index (χ0n) is 12.7. The van der Waals surface area contributed by atoms with Crippen molar-refractivity contribution in [2.45, 2.75) is 44.1 Å². The molecule has 21 heavy (non-hydrogen) atoms. The van der Waals surface area contributed by atoms with E-state index in [4.69, 9.17) is 4.74 Å². The fourth-order valence-electron chi connectivity index (χ4n) is 2.27. The topological polar surface area (TPSA) is 75.6 Å². The molecule has 0 aromatic heterocycles. The Kier molecular flexibility index (Phi) is 4.60. The minimum atomic E-state index is -3.71. The summed E-state index contributed by atoms with van der Waals surface area (Å²) < 4.78 is 32.8. The van der Waals surface area contributed by atoms with Gasteiger partial charge in [-0.3, -0.25) is 0 Å². The maximum absolute atomic E-state index is 12.5. The number of benzene rings is 1. The monoisotopic (exact) mass is 313 g/mol. The molecule has 0 bridgehead atoms. The molecule has 1 aliphatic carbocycles. The number of aliphatic hydroxyl groups is 1. The molecule has 5 nitrogen and oxygen atoms in total. The molecule has 1 aliphatic rings. The number of rotatable bonds is 7. The van der Waals surface area contributed by atoms with Crippen molar-refractivity contribution in [1.29, 1.82) is 0 Å². The average Bonchev–Trinajstić information content (AvgIpc) is 3.24. The Labute approximate surface area is 126 Å². The number of ether oxygens (including phenoxy) is 1. The van der Waals surface area contributed by atoms with E-state index in [9.17, 15) is 13.5 Å². The number of hydrogen-bond donors (Lipinski definition) is 2. The summed E-state index contributed by atoms with van der Waals surface area (Å²) in [6.07, 6.45) is 1.90. The Morgan fingerprint density at radius 1 is 1.43 bits per heavy atom. The first-order valence-corrected chi connectivity index (χ1v) is 8.70. The normalized spacial score (nSPS) is 18.3. The van der Waals surface area contributed by atoms with Crippen LogP contribution in [0.2, 0.25) is 0 Å². The molecule has 0 aliphatic heterocycles. The fourth-order valence-corrected chi connectivity index (χ4v) is 3.64. The first kappa shape index (κ1) is 16.3. The van der Waals surface area contributed by atoms with Gasteiger partial charge in [0.25, 0.3) is 0 Å². The summed E-state index contributed by atoms with van der Waals surface area (Å²) in [5.74, 6) is 0.519. The SMILES string of the molecule is CCOc1ccc(C)cc1S(=O)(=O)NCC(C)(O)C1CC1. The van der Waals surface area contributed by atoms with Crippen LogP contribution in [-0.2, 0) is 10.0 Å². The maximum Gasteiger partial charge on any atom is 0.244 e. The smallest absolute Gasteiger partial charge is 0.244 e. The molecule has 0 radical (unpaired) electrons. The molecular weight excluding hydrogens is 290 g/mol. The molecule has 1 atom stereocenters. The lowest BCUT2D eigenvalue weighted by Crippen LogP contribution is -2.42. The first-order valence-electron chi connectivity index (χ1n) is 7.22. The Hall–Kier alpha value is -1.11. The zero-order valence-corrected chi connectivity index (χ0v) is 13.5. The highest BCUT2D eigenvalue weighted by Crippen LogP contribution is 2.39. The van der Waals surface area contributed by atoms with Gasteiger partial charge in [-0.05, 0) is 57.2 Å². The van der Waals surface area contributed by atoms with Crippen LogP contribution in [0.3, 0.4) is 0 Å². The molecule has 1 aromatic rings. The van der Waals surface area contributed by atoms with E-state index in [1.54, 1.807) is 19.1 Å². The van der Waals surface area contributed by atoms with E-state index in [1.807, 2.05) is 19.9 Å². The summed E-state index contributed by atoms with van der Waals surface area (Å²) in [5.41, 5.74) is -0.157. The second kappa shape index (κ2) is 5.94. The van der Waals surface area contributed by atoms with Crippen LogP contribution in [0.5, 0.6) is 5.75 Å². The van der Waals surface area contributed by atoms with Crippen molar-refractivity contribution in [1.82, 2.24) is 4.72 Å². The molecule has 2 N–H and O–H groups in total. The Morgan fingerprint density at radius 2 is 2.10 bits per heavy atom. The Morgan fingerprint density at radius 3 is 2.67 bits per heavy atom. The van der Waals surface area contributed by atoms with E-state index in [2.05, 4.69) is 4.72 Å². The summed E-state index contributed by atoms with van der Waals surface area (Å²) in [4.78, 5) is 0.121. The Bertz CT molecular complexity index is 606. The average molecular weight is 313 g/mol. The lowest BCUT2D eigenvalue weighted by atomic mass is 10.0. The van der Waals surface area contributed by atoms with Crippen molar-refractivity contribution >= 4 is 10.0 Å². The van der Waals surface area contributed by atoms with Gasteiger partial charge in [0.05, 0.1) is 12.2 Å². The van der Waals surface area contributed by atoms with Crippen molar-refractivity contribution in [2.75, 3.05) is 13.2 Å². The van der Waals surface area contributed by atoms with Gasteiger partial charge in [-0.25, -0.2) is 13.1 Å². The molecule has 6 heteroatoms. The molecule has 118 valence electrons. The van der Waals surface area contributed by atoms with Crippen molar-refractivity contribution in [2.24, 2.45) is 5.92 Å². The molecule has 0 amide bonds. The number of sulfonamides is 1. The highest BCUT2D eigenvalue weighted by molar-refractivity contribution is 7.89. The molecule has 1 fully saturated rings. The minimum Gasteiger partial charge on any atom is -0.492 e. The van der Waals surface area contributed by atoms with Crippen LogP contribution in [0.4, 0.5) is 0 Å². The van der Waals surface area contributed by atoms with Gasteiger partial charge in [0.1, 0.15) is 10.6 Å². The standard InChI is InChI=1S/C15H23NO4S/c1-4-20-13-8-5-11(2)9-14(13)21(18,19)16-10-15(3,17)12-6-7-12/h5,8-9,12,16-17H,4,6-7,10H2,1-3H3. The predicted octanol–water partition coefficient (Wildman–Crippen LogP) is 1.83. The predicted molar refractivity (Wildman–Crippen MR) is 80.9 cm³/mol. The van der Waals surface area contributed by atoms with E-state index in [0.29, 0.717) is 12.4 Å². The summed E-state index contributed by atoms with van der Waals surface area (Å²) in [7, 11) is -3.71. The fraction of sp³-hybridized carbons (Fsp3) is 0.600. The van der Waals surface area contributed by atoms with Crippen molar-refractivity contribution in [3.63, 3.8) is 0 Å². The van der Waals surface area contributed by atoms with Gasteiger partial charge < -0.3 is 9.84 Å². The lowest BCUT2D eigenvalue weighted by molar-refractivity contribution is 0.0422. The van der Waals surface area contributed by atoms with Gasteiger partial charge in [-0.2, -0.15) is 0 Å². The summed E-state index contributed by atoms with van der Waals surface area (Å²) in [6.45, 7) is 5.72. The maximum atomic E-state index is 12.5. The minimum absolute atomic E-state index is 0.0134. The molecule has 0 spiro atoms.